The van der Waals surface area contributed by atoms with Gasteiger partial charge in [-0.2, -0.15) is 4.98 Å². The molecule has 0 aliphatic carbocycles. The SMILES string of the molecule is CN1CCC(N(C)CC2CCN(c3nc(-n4cccc4)nc4scc(-c5ccccc5)c34)CC2)C1. The lowest BCUT2D eigenvalue weighted by molar-refractivity contribution is 0.192. The highest BCUT2D eigenvalue weighted by Gasteiger charge is 2.28. The van der Waals surface area contributed by atoms with Gasteiger partial charge in [0.05, 0.1) is 5.39 Å². The molecule has 7 heteroatoms. The first-order valence-electron chi connectivity index (χ1n) is 12.8. The zero-order chi connectivity index (χ0) is 23.8. The van der Waals surface area contributed by atoms with Crippen molar-refractivity contribution in [3.8, 4) is 17.1 Å². The topological polar surface area (TPSA) is 40.4 Å². The summed E-state index contributed by atoms with van der Waals surface area (Å²) in [5.41, 5.74) is 2.47. The van der Waals surface area contributed by atoms with Gasteiger partial charge >= 0.3 is 0 Å². The smallest absolute Gasteiger partial charge is 0.236 e. The lowest BCUT2D eigenvalue weighted by Crippen LogP contribution is -2.42. The van der Waals surface area contributed by atoms with E-state index >= 15 is 0 Å². The molecule has 6 nitrogen and oxygen atoms in total. The maximum atomic E-state index is 5.15. The minimum absolute atomic E-state index is 0.711. The molecule has 1 atom stereocenters. The summed E-state index contributed by atoms with van der Waals surface area (Å²) < 4.78 is 2.02. The summed E-state index contributed by atoms with van der Waals surface area (Å²) >= 11 is 1.72. The van der Waals surface area contributed by atoms with Crippen LogP contribution in [-0.2, 0) is 0 Å². The van der Waals surface area contributed by atoms with Gasteiger partial charge < -0.3 is 14.7 Å². The average Bonchev–Trinajstić information content (AvgIpc) is 3.65. The summed E-state index contributed by atoms with van der Waals surface area (Å²) in [7, 11) is 4.57. The van der Waals surface area contributed by atoms with Crippen molar-refractivity contribution in [3.63, 3.8) is 0 Å². The van der Waals surface area contributed by atoms with Gasteiger partial charge in [0.25, 0.3) is 0 Å². The molecule has 0 saturated carbocycles. The summed E-state index contributed by atoms with van der Waals surface area (Å²) in [5, 5.41) is 3.44. The Hall–Kier alpha value is -2.74. The van der Waals surface area contributed by atoms with Crippen molar-refractivity contribution in [3.05, 3.63) is 60.2 Å². The number of benzene rings is 1. The number of fused-ring (bicyclic) bond motifs is 1. The van der Waals surface area contributed by atoms with Crippen LogP contribution in [0.15, 0.2) is 60.2 Å². The third-order valence-electron chi connectivity index (χ3n) is 7.77. The predicted molar refractivity (Wildman–Crippen MR) is 146 cm³/mol. The molecule has 1 unspecified atom stereocenters. The van der Waals surface area contributed by atoms with E-state index in [0.29, 0.717) is 6.04 Å². The Morgan fingerprint density at radius 3 is 2.46 bits per heavy atom. The van der Waals surface area contributed by atoms with Crippen molar-refractivity contribution in [1.82, 2.24) is 24.3 Å². The summed E-state index contributed by atoms with van der Waals surface area (Å²) in [5.74, 6) is 2.59. The minimum Gasteiger partial charge on any atom is -0.356 e. The van der Waals surface area contributed by atoms with E-state index in [1.54, 1.807) is 11.3 Å². The molecule has 2 saturated heterocycles. The summed E-state index contributed by atoms with van der Waals surface area (Å²) in [6, 6.07) is 15.4. The van der Waals surface area contributed by atoms with Crippen LogP contribution in [0.25, 0.3) is 27.3 Å². The molecule has 182 valence electrons. The number of aromatic nitrogens is 3. The number of anilines is 1. The van der Waals surface area contributed by atoms with Gasteiger partial charge in [0, 0.05) is 55.6 Å². The van der Waals surface area contributed by atoms with Crippen LogP contribution < -0.4 is 4.90 Å². The second-order valence-electron chi connectivity index (χ2n) is 10.2. The Labute approximate surface area is 211 Å². The monoisotopic (exact) mass is 486 g/mol. The van der Waals surface area contributed by atoms with Crippen LogP contribution in [0, 0.1) is 5.92 Å². The maximum Gasteiger partial charge on any atom is 0.236 e. The van der Waals surface area contributed by atoms with Crippen LogP contribution in [-0.4, -0.2) is 77.2 Å². The van der Waals surface area contributed by atoms with E-state index in [1.807, 2.05) is 29.1 Å². The maximum absolute atomic E-state index is 5.15. The van der Waals surface area contributed by atoms with Crippen molar-refractivity contribution in [2.24, 2.45) is 5.92 Å². The Bertz CT molecular complexity index is 1260. The molecule has 35 heavy (non-hydrogen) atoms. The van der Waals surface area contributed by atoms with E-state index in [1.165, 1.54) is 55.4 Å². The molecule has 0 bridgehead atoms. The van der Waals surface area contributed by atoms with Gasteiger partial charge in [-0.25, -0.2) is 4.98 Å². The molecular formula is C28H34N6S. The highest BCUT2D eigenvalue weighted by Crippen LogP contribution is 2.39. The standard InChI is InChI=1S/C28H34N6S/c1-31-15-12-23(19-31)32(2)18-21-10-16-33(17-11-21)26-25-24(22-8-4-3-5-9-22)20-35-27(25)30-28(29-26)34-13-6-7-14-34/h3-9,13-14,20-21,23H,10-12,15-19H2,1-2H3. The normalized spacial score (nSPS) is 19.9. The average molecular weight is 487 g/mol. The first kappa shape index (κ1) is 22.7. The Morgan fingerprint density at radius 1 is 0.971 bits per heavy atom. The van der Waals surface area contributed by atoms with E-state index in [4.69, 9.17) is 9.97 Å². The molecule has 3 aromatic heterocycles. The number of piperidine rings is 1. The lowest BCUT2D eigenvalue weighted by atomic mass is 9.95. The Balaban J connectivity index is 1.27. The molecule has 1 aromatic carbocycles. The summed E-state index contributed by atoms with van der Waals surface area (Å²) in [6.07, 6.45) is 7.77. The fraction of sp³-hybridized carbons (Fsp3) is 0.429. The van der Waals surface area contributed by atoms with Gasteiger partial charge in [0.2, 0.25) is 5.95 Å². The third-order valence-corrected chi connectivity index (χ3v) is 8.65. The molecule has 6 rings (SSSR count). The minimum atomic E-state index is 0.711. The number of likely N-dealkylation sites (N-methyl/N-ethyl adjacent to an activating group) is 2. The van der Waals surface area contributed by atoms with E-state index in [-0.39, 0.29) is 0 Å². The molecule has 2 aliphatic heterocycles. The molecule has 2 aliphatic rings. The molecule has 5 heterocycles. The first-order valence-corrected chi connectivity index (χ1v) is 13.7. The van der Waals surface area contributed by atoms with E-state index < -0.39 is 0 Å². The Morgan fingerprint density at radius 2 is 1.74 bits per heavy atom. The zero-order valence-corrected chi connectivity index (χ0v) is 21.5. The van der Waals surface area contributed by atoms with Gasteiger partial charge in [0.15, 0.2) is 0 Å². The Kier molecular flexibility index (Phi) is 6.31. The van der Waals surface area contributed by atoms with Gasteiger partial charge in [-0.15, -0.1) is 11.3 Å². The van der Waals surface area contributed by atoms with Crippen LogP contribution in [0.4, 0.5) is 5.82 Å². The van der Waals surface area contributed by atoms with E-state index in [0.717, 1.165) is 35.6 Å². The molecule has 2 fully saturated rings. The van der Waals surface area contributed by atoms with Crippen molar-refractivity contribution in [1.29, 1.82) is 0 Å². The predicted octanol–water partition coefficient (Wildman–Crippen LogP) is 5.00. The fourth-order valence-electron chi connectivity index (χ4n) is 5.71. The van der Waals surface area contributed by atoms with Crippen LogP contribution >= 0.6 is 11.3 Å². The quantitative estimate of drug-likeness (QED) is 0.384. The third kappa shape index (κ3) is 4.60. The van der Waals surface area contributed by atoms with E-state index in [2.05, 4.69) is 64.5 Å². The molecular weight excluding hydrogens is 452 g/mol. The van der Waals surface area contributed by atoms with E-state index in [9.17, 15) is 0 Å². The number of nitrogens with zero attached hydrogens (tertiary/aromatic N) is 6. The molecule has 0 spiro atoms. The second kappa shape index (κ2) is 9.72. The lowest BCUT2D eigenvalue weighted by Gasteiger charge is -2.36. The number of likely N-dealkylation sites (tertiary alicyclic amines) is 1. The number of hydrogen-bond donors (Lipinski definition) is 0. The molecule has 0 radical (unpaired) electrons. The van der Waals surface area contributed by atoms with Crippen molar-refractivity contribution < 1.29 is 0 Å². The number of hydrogen-bond acceptors (Lipinski definition) is 6. The first-order chi connectivity index (χ1) is 17.2. The van der Waals surface area contributed by atoms with Crippen molar-refractivity contribution >= 4 is 27.4 Å². The molecule has 0 amide bonds. The summed E-state index contributed by atoms with van der Waals surface area (Å²) in [6.45, 7) is 5.73. The van der Waals surface area contributed by atoms with Gasteiger partial charge in [0.1, 0.15) is 10.6 Å². The zero-order valence-electron chi connectivity index (χ0n) is 20.7. The number of rotatable bonds is 6. The number of thiophene rings is 1. The fourth-order valence-corrected chi connectivity index (χ4v) is 6.65. The highest BCUT2D eigenvalue weighted by atomic mass is 32.1. The van der Waals surface area contributed by atoms with Crippen LogP contribution in [0.3, 0.4) is 0 Å². The van der Waals surface area contributed by atoms with Crippen LogP contribution in [0.2, 0.25) is 0 Å². The van der Waals surface area contributed by atoms with Crippen molar-refractivity contribution in [2.45, 2.75) is 25.3 Å². The summed E-state index contributed by atoms with van der Waals surface area (Å²) in [4.78, 5) is 18.7. The largest absolute Gasteiger partial charge is 0.356 e. The highest BCUT2D eigenvalue weighted by molar-refractivity contribution is 7.17. The van der Waals surface area contributed by atoms with Gasteiger partial charge in [-0.05, 0) is 63.5 Å². The van der Waals surface area contributed by atoms with Crippen molar-refractivity contribution in [2.75, 3.05) is 51.7 Å². The van der Waals surface area contributed by atoms with Crippen LogP contribution in [0.5, 0.6) is 0 Å². The second-order valence-corrected chi connectivity index (χ2v) is 11.1. The van der Waals surface area contributed by atoms with Crippen LogP contribution in [0.1, 0.15) is 19.3 Å². The molecule has 4 aromatic rings. The van der Waals surface area contributed by atoms with Gasteiger partial charge in [-0.3, -0.25) is 4.57 Å². The molecule has 0 N–H and O–H groups in total. The van der Waals surface area contributed by atoms with Gasteiger partial charge in [-0.1, -0.05) is 30.3 Å².